The van der Waals surface area contributed by atoms with E-state index in [2.05, 4.69) is 61.5 Å². The molecule has 4 nitrogen and oxygen atoms in total. The van der Waals surface area contributed by atoms with Crippen molar-refractivity contribution in [1.29, 1.82) is 0 Å². The maximum absolute atomic E-state index is 12.9. The smallest absolute Gasteiger partial charge is 0.344 e. The van der Waals surface area contributed by atoms with E-state index >= 15 is 0 Å². The number of esters is 2. The zero-order valence-corrected chi connectivity index (χ0v) is 22.9. The number of rotatable bonds is 8. The summed E-state index contributed by atoms with van der Waals surface area (Å²) >= 11 is 0. The highest BCUT2D eigenvalue weighted by Gasteiger charge is 2.73. The van der Waals surface area contributed by atoms with Gasteiger partial charge in [0.2, 0.25) is 0 Å². The molecular formula is C36H32O4. The molecule has 5 rings (SSSR count). The van der Waals surface area contributed by atoms with Crippen molar-refractivity contribution in [2.45, 2.75) is 12.3 Å². The average molecular weight is 529 g/mol. The van der Waals surface area contributed by atoms with Gasteiger partial charge in [-0.05, 0) is 27.8 Å². The molecule has 0 saturated heterocycles. The lowest BCUT2D eigenvalue weighted by atomic mass is 9.80. The maximum atomic E-state index is 12.9. The molecule has 2 unspecified atom stereocenters. The molecule has 1 aliphatic rings. The third-order valence-corrected chi connectivity index (χ3v) is 8.09. The first kappa shape index (κ1) is 26.9. The van der Waals surface area contributed by atoms with Gasteiger partial charge >= 0.3 is 11.9 Å². The summed E-state index contributed by atoms with van der Waals surface area (Å²) in [6.07, 6.45) is 4.06. The minimum atomic E-state index is -0.718. The summed E-state index contributed by atoms with van der Waals surface area (Å²) in [6.45, 7) is 2.10. The maximum Gasteiger partial charge on any atom is 0.344 e. The van der Waals surface area contributed by atoms with Gasteiger partial charge in [-0.3, -0.25) is 0 Å². The van der Waals surface area contributed by atoms with Gasteiger partial charge in [0.25, 0.3) is 0 Å². The van der Waals surface area contributed by atoms with Gasteiger partial charge in [0.05, 0.1) is 14.2 Å². The molecular weight excluding hydrogens is 496 g/mol. The number of methoxy groups -OCH3 is 2. The van der Waals surface area contributed by atoms with Crippen LogP contribution in [0.15, 0.2) is 139 Å². The van der Waals surface area contributed by atoms with Crippen LogP contribution in [0.3, 0.4) is 0 Å². The van der Waals surface area contributed by atoms with Gasteiger partial charge in [0.15, 0.2) is 0 Å². The number of carbonyl (C=O) groups is 2. The molecule has 200 valence electrons. The van der Waals surface area contributed by atoms with Crippen LogP contribution in [0.2, 0.25) is 0 Å². The van der Waals surface area contributed by atoms with Crippen molar-refractivity contribution in [2.75, 3.05) is 14.2 Å². The van der Waals surface area contributed by atoms with Crippen LogP contribution < -0.4 is 0 Å². The van der Waals surface area contributed by atoms with Crippen molar-refractivity contribution in [3.63, 3.8) is 0 Å². The van der Waals surface area contributed by atoms with Gasteiger partial charge in [-0.15, -0.1) is 0 Å². The second kappa shape index (κ2) is 11.2. The van der Waals surface area contributed by atoms with E-state index in [1.807, 2.05) is 72.8 Å². The summed E-state index contributed by atoms with van der Waals surface area (Å²) in [5, 5.41) is 0. The fraction of sp³-hybridized carbons (Fsp3) is 0.167. The molecule has 2 atom stereocenters. The van der Waals surface area contributed by atoms with Crippen molar-refractivity contribution < 1.29 is 19.1 Å². The number of hydrogen-bond acceptors (Lipinski definition) is 4. The number of carbonyl (C=O) groups excluding carboxylic acids is 2. The van der Waals surface area contributed by atoms with Crippen molar-refractivity contribution in [3.05, 3.63) is 161 Å². The Labute approximate surface area is 235 Å². The molecule has 4 aromatic carbocycles. The number of hydrogen-bond donors (Lipinski definition) is 0. The Kier molecular flexibility index (Phi) is 7.52. The monoisotopic (exact) mass is 528 g/mol. The summed E-state index contributed by atoms with van der Waals surface area (Å²) in [7, 11) is 2.55. The SMILES string of the molecule is COC(=O)C(=CC1(C)C(C=C(c2ccccc2)c2ccccc2)C1(c1ccccc1)c1ccccc1)C(=O)OC. The summed E-state index contributed by atoms with van der Waals surface area (Å²) in [6, 6.07) is 41.2. The number of benzene rings is 4. The molecule has 0 spiro atoms. The second-order valence-electron chi connectivity index (χ2n) is 10.2. The fourth-order valence-electron chi connectivity index (χ4n) is 6.21. The van der Waals surface area contributed by atoms with Crippen LogP contribution >= 0.6 is 0 Å². The van der Waals surface area contributed by atoms with E-state index in [-0.39, 0.29) is 11.5 Å². The topological polar surface area (TPSA) is 52.6 Å². The van der Waals surface area contributed by atoms with Crippen LogP contribution in [0, 0.1) is 11.3 Å². The normalized spacial score (nSPS) is 18.6. The van der Waals surface area contributed by atoms with E-state index in [9.17, 15) is 9.59 Å². The molecule has 1 fully saturated rings. The van der Waals surface area contributed by atoms with Crippen molar-refractivity contribution in [1.82, 2.24) is 0 Å². The van der Waals surface area contributed by atoms with Crippen molar-refractivity contribution >= 4 is 17.5 Å². The lowest BCUT2D eigenvalue weighted by Gasteiger charge is -2.23. The standard InChI is InChI=1S/C36H32O4/c1-35(25-31(33(37)39-2)34(38)40-3)32(24-30(26-16-8-4-9-17-26)27-18-10-5-11-19-27)36(35,28-20-12-6-13-21-28)29-22-14-7-15-23-29/h4-25,32H,1-3H3. The minimum Gasteiger partial charge on any atom is -0.465 e. The lowest BCUT2D eigenvalue weighted by molar-refractivity contribution is -0.144. The molecule has 0 bridgehead atoms. The van der Waals surface area contributed by atoms with E-state index in [0.29, 0.717) is 0 Å². The quantitative estimate of drug-likeness (QED) is 0.107. The summed E-state index contributed by atoms with van der Waals surface area (Å²) < 4.78 is 10.0. The van der Waals surface area contributed by atoms with E-state index < -0.39 is 22.8 Å². The Bertz CT molecular complexity index is 1440. The molecule has 0 radical (unpaired) electrons. The zero-order valence-electron chi connectivity index (χ0n) is 22.9. The van der Waals surface area contributed by atoms with Gasteiger partial charge in [0.1, 0.15) is 5.57 Å². The van der Waals surface area contributed by atoms with Crippen LogP contribution in [-0.4, -0.2) is 26.2 Å². The van der Waals surface area contributed by atoms with Gasteiger partial charge in [-0.25, -0.2) is 9.59 Å². The zero-order chi connectivity index (χ0) is 28.2. The minimum absolute atomic E-state index is 0.111. The largest absolute Gasteiger partial charge is 0.465 e. The first-order valence-electron chi connectivity index (χ1n) is 13.3. The fourth-order valence-corrected chi connectivity index (χ4v) is 6.21. The van der Waals surface area contributed by atoms with Crippen LogP contribution in [0.4, 0.5) is 0 Å². The van der Waals surface area contributed by atoms with E-state index in [0.717, 1.165) is 27.8 Å². The van der Waals surface area contributed by atoms with Gasteiger partial charge in [0, 0.05) is 16.7 Å². The van der Waals surface area contributed by atoms with E-state index in [1.165, 1.54) is 14.2 Å². The third-order valence-electron chi connectivity index (χ3n) is 8.09. The Hall–Kier alpha value is -4.70. The highest BCUT2D eigenvalue weighted by atomic mass is 16.5. The summed E-state index contributed by atoms with van der Waals surface area (Å²) in [5.41, 5.74) is 4.08. The molecule has 0 N–H and O–H groups in total. The second-order valence-corrected chi connectivity index (χ2v) is 10.2. The first-order chi connectivity index (χ1) is 19.5. The molecule has 0 aromatic heterocycles. The molecule has 40 heavy (non-hydrogen) atoms. The van der Waals surface area contributed by atoms with E-state index in [1.54, 1.807) is 6.08 Å². The Morgan fingerprint density at radius 2 is 1.00 bits per heavy atom. The van der Waals surface area contributed by atoms with Crippen LogP contribution in [0.1, 0.15) is 29.2 Å². The van der Waals surface area contributed by atoms with Crippen LogP contribution in [0.5, 0.6) is 0 Å². The van der Waals surface area contributed by atoms with Gasteiger partial charge < -0.3 is 9.47 Å². The van der Waals surface area contributed by atoms with Crippen molar-refractivity contribution in [2.24, 2.45) is 11.3 Å². The lowest BCUT2D eigenvalue weighted by Crippen LogP contribution is -2.21. The van der Waals surface area contributed by atoms with Crippen molar-refractivity contribution in [3.8, 4) is 0 Å². The number of ether oxygens (including phenoxy) is 2. The number of allylic oxidation sites excluding steroid dienone is 2. The predicted molar refractivity (Wildman–Crippen MR) is 157 cm³/mol. The van der Waals surface area contributed by atoms with E-state index in [4.69, 9.17) is 9.47 Å². The van der Waals surface area contributed by atoms with Gasteiger partial charge in [-0.2, -0.15) is 0 Å². The van der Waals surface area contributed by atoms with Crippen LogP contribution in [-0.2, 0) is 24.5 Å². The summed E-state index contributed by atoms with van der Waals surface area (Å²) in [4.78, 5) is 25.7. The first-order valence-corrected chi connectivity index (χ1v) is 13.3. The molecule has 1 aliphatic carbocycles. The summed E-state index contributed by atoms with van der Waals surface area (Å²) in [5.74, 6) is -1.56. The molecule has 0 amide bonds. The molecule has 0 aliphatic heterocycles. The van der Waals surface area contributed by atoms with Gasteiger partial charge in [-0.1, -0.05) is 140 Å². The molecule has 4 aromatic rings. The predicted octanol–water partition coefficient (Wildman–Crippen LogP) is 7.01. The molecule has 0 heterocycles. The van der Waals surface area contributed by atoms with Crippen LogP contribution in [0.25, 0.3) is 5.57 Å². The molecule has 4 heteroatoms. The Balaban J connectivity index is 1.83. The molecule has 1 saturated carbocycles. The highest BCUT2D eigenvalue weighted by Crippen LogP contribution is 2.74. The Morgan fingerprint density at radius 3 is 1.38 bits per heavy atom. The average Bonchev–Trinajstić information content (AvgIpc) is 3.56. The third kappa shape index (κ3) is 4.56. The Morgan fingerprint density at radius 1 is 0.625 bits per heavy atom. The highest BCUT2D eigenvalue weighted by molar-refractivity contribution is 6.14.